The summed E-state index contributed by atoms with van der Waals surface area (Å²) in [5.41, 5.74) is 2.21. The first-order chi connectivity index (χ1) is 12.8. The first kappa shape index (κ1) is 19.1. The second kappa shape index (κ2) is 7.50. The van der Waals surface area contributed by atoms with Gasteiger partial charge in [0.05, 0.1) is 5.56 Å². The lowest BCUT2D eigenvalue weighted by Crippen LogP contribution is -2.55. The summed E-state index contributed by atoms with van der Waals surface area (Å²) >= 11 is 0. The molecule has 2 aromatic heterocycles. The molecule has 3 heterocycles. The molecule has 0 saturated carbocycles. The standard InChI is InChI=1S/C18H22N6O2S/c1-13-8-14(2)21-17(9-13)22-27(25,26)23-6-7-24(15(3)12-23)18-5-4-16(10-19)11-20-18/h4-5,8-9,11,15H,6-7,12H2,1-3H3,(H,21,22)/t15-/m1/s1. The Hall–Kier alpha value is -2.70. The van der Waals surface area contributed by atoms with Crippen molar-refractivity contribution in [3.63, 3.8) is 0 Å². The van der Waals surface area contributed by atoms with Crippen molar-refractivity contribution >= 4 is 21.8 Å². The van der Waals surface area contributed by atoms with E-state index in [0.29, 0.717) is 31.0 Å². The minimum absolute atomic E-state index is 0.0528. The Morgan fingerprint density at radius 1 is 1.26 bits per heavy atom. The Labute approximate surface area is 159 Å². The van der Waals surface area contributed by atoms with Gasteiger partial charge in [0.1, 0.15) is 17.7 Å². The van der Waals surface area contributed by atoms with E-state index >= 15 is 0 Å². The summed E-state index contributed by atoms with van der Waals surface area (Å²) in [5, 5.41) is 8.88. The van der Waals surface area contributed by atoms with E-state index in [1.807, 2.05) is 37.8 Å². The zero-order chi connectivity index (χ0) is 19.6. The monoisotopic (exact) mass is 386 g/mol. The van der Waals surface area contributed by atoms with Crippen LogP contribution in [0.4, 0.5) is 11.6 Å². The molecule has 9 heteroatoms. The summed E-state index contributed by atoms with van der Waals surface area (Å²) in [6.07, 6.45) is 1.53. The number of anilines is 2. The molecule has 0 bridgehead atoms. The molecular weight excluding hydrogens is 364 g/mol. The molecule has 1 atom stereocenters. The molecule has 0 aromatic carbocycles. The number of aryl methyl sites for hydroxylation is 2. The fourth-order valence-corrected chi connectivity index (χ4v) is 4.43. The second-order valence-corrected chi connectivity index (χ2v) is 8.37. The third-order valence-electron chi connectivity index (χ3n) is 4.43. The Balaban J connectivity index is 1.71. The molecule has 1 fully saturated rings. The van der Waals surface area contributed by atoms with E-state index in [4.69, 9.17) is 5.26 Å². The first-order valence-electron chi connectivity index (χ1n) is 8.64. The molecule has 0 amide bonds. The predicted octanol–water partition coefficient (Wildman–Crippen LogP) is 1.83. The number of pyridine rings is 2. The second-order valence-electron chi connectivity index (χ2n) is 6.70. The molecular formula is C18H22N6O2S. The van der Waals surface area contributed by atoms with Gasteiger partial charge in [0, 0.05) is 37.6 Å². The number of hydrogen-bond acceptors (Lipinski definition) is 6. The van der Waals surface area contributed by atoms with Crippen LogP contribution in [-0.2, 0) is 10.2 Å². The molecule has 1 saturated heterocycles. The van der Waals surface area contributed by atoms with Gasteiger partial charge in [-0.2, -0.15) is 18.0 Å². The Kier molecular flexibility index (Phi) is 5.30. The third kappa shape index (κ3) is 4.35. The van der Waals surface area contributed by atoms with Crippen LogP contribution in [0.5, 0.6) is 0 Å². The van der Waals surface area contributed by atoms with E-state index in [-0.39, 0.29) is 6.04 Å². The van der Waals surface area contributed by atoms with Crippen molar-refractivity contribution in [3.05, 3.63) is 47.3 Å². The number of nitriles is 1. The fraction of sp³-hybridized carbons (Fsp3) is 0.389. The Morgan fingerprint density at radius 3 is 2.63 bits per heavy atom. The average molecular weight is 386 g/mol. The highest BCUT2D eigenvalue weighted by Gasteiger charge is 2.32. The first-order valence-corrected chi connectivity index (χ1v) is 10.1. The van der Waals surface area contributed by atoms with E-state index < -0.39 is 10.2 Å². The molecule has 2 aromatic rings. The average Bonchev–Trinajstić information content (AvgIpc) is 2.60. The van der Waals surface area contributed by atoms with Crippen LogP contribution >= 0.6 is 0 Å². The highest BCUT2D eigenvalue weighted by atomic mass is 32.2. The summed E-state index contributed by atoms with van der Waals surface area (Å²) in [6.45, 7) is 6.87. The zero-order valence-electron chi connectivity index (χ0n) is 15.5. The van der Waals surface area contributed by atoms with Gasteiger partial charge in [-0.25, -0.2) is 9.97 Å². The number of aromatic nitrogens is 2. The summed E-state index contributed by atoms with van der Waals surface area (Å²) in [4.78, 5) is 10.6. The molecule has 3 rings (SSSR count). The Morgan fingerprint density at radius 2 is 2.04 bits per heavy atom. The van der Waals surface area contributed by atoms with E-state index in [9.17, 15) is 8.42 Å². The highest BCUT2D eigenvalue weighted by Crippen LogP contribution is 2.21. The topological polar surface area (TPSA) is 102 Å². The minimum atomic E-state index is -3.69. The molecule has 0 unspecified atom stereocenters. The molecule has 27 heavy (non-hydrogen) atoms. The van der Waals surface area contributed by atoms with Gasteiger partial charge in [0.15, 0.2) is 0 Å². The van der Waals surface area contributed by atoms with Crippen molar-refractivity contribution in [1.29, 1.82) is 5.26 Å². The molecule has 1 aliphatic heterocycles. The summed E-state index contributed by atoms with van der Waals surface area (Å²) in [6, 6.07) is 9.10. The predicted molar refractivity (Wildman–Crippen MR) is 104 cm³/mol. The maximum absolute atomic E-state index is 12.8. The SMILES string of the molecule is Cc1cc(C)nc(NS(=O)(=O)N2CCN(c3ccc(C#N)cn3)[C@H](C)C2)c1. The number of nitrogens with zero attached hydrogens (tertiary/aromatic N) is 5. The number of piperazine rings is 1. The van der Waals surface area contributed by atoms with Crippen molar-refractivity contribution in [2.75, 3.05) is 29.3 Å². The van der Waals surface area contributed by atoms with Gasteiger partial charge >= 0.3 is 10.2 Å². The van der Waals surface area contributed by atoms with Crippen molar-refractivity contribution in [2.45, 2.75) is 26.8 Å². The number of nitrogens with one attached hydrogen (secondary N) is 1. The van der Waals surface area contributed by atoms with Crippen LogP contribution < -0.4 is 9.62 Å². The van der Waals surface area contributed by atoms with E-state index in [1.54, 1.807) is 18.2 Å². The zero-order valence-corrected chi connectivity index (χ0v) is 16.4. The van der Waals surface area contributed by atoms with Gasteiger partial charge in [-0.15, -0.1) is 0 Å². The summed E-state index contributed by atoms with van der Waals surface area (Å²) in [5.74, 6) is 1.07. The number of rotatable bonds is 4. The van der Waals surface area contributed by atoms with E-state index in [0.717, 1.165) is 17.1 Å². The van der Waals surface area contributed by atoms with Crippen molar-refractivity contribution in [2.24, 2.45) is 0 Å². The minimum Gasteiger partial charge on any atom is -0.351 e. The maximum atomic E-state index is 12.8. The van der Waals surface area contributed by atoms with Gasteiger partial charge in [-0.3, -0.25) is 4.72 Å². The lowest BCUT2D eigenvalue weighted by molar-refractivity contribution is 0.343. The summed E-state index contributed by atoms with van der Waals surface area (Å²) in [7, 11) is -3.69. The van der Waals surface area contributed by atoms with Gasteiger partial charge in [-0.05, 0) is 50.6 Å². The van der Waals surface area contributed by atoms with Crippen molar-refractivity contribution in [1.82, 2.24) is 14.3 Å². The largest absolute Gasteiger partial charge is 0.351 e. The molecule has 1 aliphatic rings. The van der Waals surface area contributed by atoms with E-state index in [1.165, 1.54) is 10.5 Å². The number of hydrogen-bond donors (Lipinski definition) is 1. The lowest BCUT2D eigenvalue weighted by atomic mass is 10.2. The van der Waals surface area contributed by atoms with Crippen molar-refractivity contribution in [3.8, 4) is 6.07 Å². The van der Waals surface area contributed by atoms with Crippen LogP contribution in [0, 0.1) is 25.2 Å². The Bertz CT molecular complexity index is 948. The molecule has 1 N–H and O–H groups in total. The van der Waals surface area contributed by atoms with Gasteiger partial charge < -0.3 is 4.90 Å². The normalized spacial score (nSPS) is 18.1. The van der Waals surface area contributed by atoms with Crippen LogP contribution in [0.15, 0.2) is 30.5 Å². The van der Waals surface area contributed by atoms with Gasteiger partial charge in [-0.1, -0.05) is 0 Å². The summed E-state index contributed by atoms with van der Waals surface area (Å²) < 4.78 is 29.5. The van der Waals surface area contributed by atoms with Crippen LogP contribution in [0.3, 0.4) is 0 Å². The van der Waals surface area contributed by atoms with E-state index in [2.05, 4.69) is 14.7 Å². The maximum Gasteiger partial charge on any atom is 0.302 e. The molecule has 142 valence electrons. The van der Waals surface area contributed by atoms with Gasteiger partial charge in [0.2, 0.25) is 0 Å². The lowest BCUT2D eigenvalue weighted by Gasteiger charge is -2.39. The molecule has 0 radical (unpaired) electrons. The van der Waals surface area contributed by atoms with Crippen LogP contribution in [-0.4, -0.2) is 48.4 Å². The molecule has 0 aliphatic carbocycles. The quantitative estimate of drug-likeness (QED) is 0.860. The van der Waals surface area contributed by atoms with Crippen LogP contribution in [0.1, 0.15) is 23.7 Å². The molecule has 0 spiro atoms. The highest BCUT2D eigenvalue weighted by molar-refractivity contribution is 7.90. The third-order valence-corrected chi connectivity index (χ3v) is 5.91. The van der Waals surface area contributed by atoms with Crippen LogP contribution in [0.25, 0.3) is 0 Å². The van der Waals surface area contributed by atoms with Crippen LogP contribution in [0.2, 0.25) is 0 Å². The smallest absolute Gasteiger partial charge is 0.302 e. The van der Waals surface area contributed by atoms with Gasteiger partial charge in [0.25, 0.3) is 0 Å². The van der Waals surface area contributed by atoms with Crippen molar-refractivity contribution < 1.29 is 8.42 Å². The fourth-order valence-electron chi connectivity index (χ4n) is 3.20. The molecule has 8 nitrogen and oxygen atoms in total.